The predicted octanol–water partition coefficient (Wildman–Crippen LogP) is 1.67. The monoisotopic (exact) mass is 362 g/mol. The van der Waals surface area contributed by atoms with Crippen molar-refractivity contribution in [3.05, 3.63) is 51.8 Å². The Labute approximate surface area is 149 Å². The Morgan fingerprint density at radius 2 is 2.36 bits per heavy atom. The fourth-order valence-electron chi connectivity index (χ4n) is 2.08. The molecule has 0 amide bonds. The highest BCUT2D eigenvalue weighted by molar-refractivity contribution is 7.80. The molecular weight excluding hydrogens is 344 g/mol. The molecule has 1 aromatic carbocycles. The lowest BCUT2D eigenvalue weighted by Gasteiger charge is -2.09. The number of rotatable bonds is 7. The number of ether oxygens (including phenoxy) is 1. The highest BCUT2D eigenvalue weighted by Gasteiger charge is 2.11. The minimum absolute atomic E-state index is 0.0576. The number of nitrogens with zero attached hydrogens (tertiary/aromatic N) is 4. The van der Waals surface area contributed by atoms with E-state index in [1.807, 2.05) is 19.1 Å². The number of hydrogen-bond acceptors (Lipinski definition) is 6. The van der Waals surface area contributed by atoms with Crippen molar-refractivity contribution in [2.75, 3.05) is 13.7 Å². The molecule has 1 heterocycles. The molecule has 0 radical (unpaired) electrons. The van der Waals surface area contributed by atoms with Gasteiger partial charge in [0, 0.05) is 12.1 Å². The van der Waals surface area contributed by atoms with Crippen molar-refractivity contribution in [1.29, 1.82) is 0 Å². The molecule has 0 aliphatic heterocycles. The third-order valence-electron chi connectivity index (χ3n) is 3.18. The number of nitrogens with one attached hydrogen (secondary N) is 2. The minimum Gasteiger partial charge on any atom is -0.496 e. The van der Waals surface area contributed by atoms with Crippen molar-refractivity contribution < 1.29 is 9.66 Å². The van der Waals surface area contributed by atoms with E-state index in [9.17, 15) is 10.1 Å². The molecule has 0 atom stereocenters. The van der Waals surface area contributed by atoms with Crippen molar-refractivity contribution in [3.63, 3.8) is 0 Å². The number of methoxy groups -OCH3 is 1. The lowest BCUT2D eigenvalue weighted by Crippen LogP contribution is -2.31. The van der Waals surface area contributed by atoms with Crippen LogP contribution in [0.25, 0.3) is 0 Å². The fraction of sp³-hybridized carbons (Fsp3) is 0.267. The minimum atomic E-state index is -0.483. The summed E-state index contributed by atoms with van der Waals surface area (Å²) in [6.07, 6.45) is 4.21. The van der Waals surface area contributed by atoms with Gasteiger partial charge in [0.2, 0.25) is 0 Å². The van der Waals surface area contributed by atoms with Crippen LogP contribution in [-0.2, 0) is 6.54 Å². The van der Waals surface area contributed by atoms with Gasteiger partial charge in [-0.25, -0.2) is 0 Å². The van der Waals surface area contributed by atoms with Crippen LogP contribution >= 0.6 is 12.2 Å². The zero-order valence-corrected chi connectivity index (χ0v) is 14.6. The van der Waals surface area contributed by atoms with Crippen LogP contribution in [0.4, 0.5) is 5.69 Å². The van der Waals surface area contributed by atoms with E-state index >= 15 is 0 Å². The smallest absolute Gasteiger partial charge is 0.307 e. The molecule has 0 saturated heterocycles. The zero-order chi connectivity index (χ0) is 18.2. The quantitative estimate of drug-likeness (QED) is 0.334. The number of hydrazone groups is 1. The molecular formula is C15H18N6O3S. The van der Waals surface area contributed by atoms with E-state index < -0.39 is 4.92 Å². The second-order valence-electron chi connectivity index (χ2n) is 4.95. The summed E-state index contributed by atoms with van der Waals surface area (Å²) in [4.78, 5) is 10.3. The van der Waals surface area contributed by atoms with Crippen molar-refractivity contribution in [1.82, 2.24) is 20.5 Å². The van der Waals surface area contributed by atoms with E-state index in [4.69, 9.17) is 17.0 Å². The summed E-state index contributed by atoms with van der Waals surface area (Å²) in [6.45, 7) is 2.99. The van der Waals surface area contributed by atoms with Crippen molar-refractivity contribution in [2.24, 2.45) is 5.10 Å². The van der Waals surface area contributed by atoms with E-state index in [0.717, 1.165) is 11.1 Å². The molecule has 0 aliphatic rings. The van der Waals surface area contributed by atoms with Gasteiger partial charge in [-0.05, 0) is 42.9 Å². The summed E-state index contributed by atoms with van der Waals surface area (Å²) in [5.74, 6) is 0.659. The highest BCUT2D eigenvalue weighted by atomic mass is 32.1. The van der Waals surface area contributed by atoms with Gasteiger partial charge in [-0.15, -0.1) is 0 Å². The SMILES string of the molecule is CCNC(=S)N/N=C\c1ccc(OC)c(Cn2cc([N+](=O)[O-])cn2)c1. The number of thiocarbonyl (C=S) groups is 1. The molecule has 0 fully saturated rings. The topological polar surface area (TPSA) is 107 Å². The number of benzene rings is 1. The second-order valence-corrected chi connectivity index (χ2v) is 5.36. The van der Waals surface area contributed by atoms with Crippen LogP contribution < -0.4 is 15.5 Å². The summed E-state index contributed by atoms with van der Waals surface area (Å²) in [7, 11) is 1.56. The molecule has 0 spiro atoms. The van der Waals surface area contributed by atoms with E-state index in [1.165, 1.54) is 17.1 Å². The first-order valence-corrected chi connectivity index (χ1v) is 7.85. The maximum atomic E-state index is 10.8. The van der Waals surface area contributed by atoms with Gasteiger partial charge in [0.05, 0.1) is 24.8 Å². The van der Waals surface area contributed by atoms with Crippen LogP contribution in [0, 0.1) is 10.1 Å². The number of hydrogen-bond donors (Lipinski definition) is 2. The van der Waals surface area contributed by atoms with E-state index in [-0.39, 0.29) is 5.69 Å². The summed E-state index contributed by atoms with van der Waals surface area (Å²) >= 11 is 5.02. The zero-order valence-electron chi connectivity index (χ0n) is 13.8. The van der Waals surface area contributed by atoms with Crippen LogP contribution in [-0.4, -0.2) is 39.7 Å². The largest absolute Gasteiger partial charge is 0.496 e. The van der Waals surface area contributed by atoms with Gasteiger partial charge in [-0.3, -0.25) is 20.2 Å². The Morgan fingerprint density at radius 3 is 3.00 bits per heavy atom. The van der Waals surface area contributed by atoms with Gasteiger partial charge in [0.15, 0.2) is 5.11 Å². The average molecular weight is 362 g/mol. The van der Waals surface area contributed by atoms with Crippen LogP contribution in [0.2, 0.25) is 0 Å². The molecule has 25 heavy (non-hydrogen) atoms. The summed E-state index contributed by atoms with van der Waals surface area (Å²) in [6, 6.07) is 5.51. The molecule has 2 N–H and O–H groups in total. The molecule has 0 saturated carbocycles. The Balaban J connectivity index is 2.14. The van der Waals surface area contributed by atoms with Gasteiger partial charge in [0.25, 0.3) is 0 Å². The third kappa shape index (κ3) is 5.24. The molecule has 2 aromatic rings. The van der Waals surface area contributed by atoms with Crippen molar-refractivity contribution in [2.45, 2.75) is 13.5 Å². The molecule has 2 rings (SSSR count). The molecule has 0 bridgehead atoms. The summed E-state index contributed by atoms with van der Waals surface area (Å²) in [5.41, 5.74) is 4.30. The molecule has 0 unspecified atom stereocenters. The van der Waals surface area contributed by atoms with Crippen LogP contribution in [0.15, 0.2) is 35.7 Å². The first kappa shape index (κ1) is 18.3. The predicted molar refractivity (Wildman–Crippen MR) is 98.0 cm³/mol. The maximum absolute atomic E-state index is 10.8. The summed E-state index contributed by atoms with van der Waals surface area (Å²) in [5, 5.41) is 22.2. The van der Waals surface area contributed by atoms with Crippen molar-refractivity contribution >= 4 is 29.2 Å². The first-order chi connectivity index (χ1) is 12.0. The van der Waals surface area contributed by atoms with E-state index in [0.29, 0.717) is 24.0 Å². The third-order valence-corrected chi connectivity index (χ3v) is 3.42. The average Bonchev–Trinajstić information content (AvgIpc) is 3.04. The van der Waals surface area contributed by atoms with Gasteiger partial charge in [-0.2, -0.15) is 10.2 Å². The Kier molecular flexibility index (Phi) is 6.40. The van der Waals surface area contributed by atoms with E-state index in [1.54, 1.807) is 19.4 Å². The Hall–Kier alpha value is -3.01. The van der Waals surface area contributed by atoms with Gasteiger partial charge < -0.3 is 10.1 Å². The summed E-state index contributed by atoms with van der Waals surface area (Å²) < 4.78 is 6.82. The lowest BCUT2D eigenvalue weighted by atomic mass is 10.1. The molecule has 1 aromatic heterocycles. The van der Waals surface area contributed by atoms with Gasteiger partial charge >= 0.3 is 5.69 Å². The second kappa shape index (κ2) is 8.73. The maximum Gasteiger partial charge on any atom is 0.307 e. The van der Waals surface area contributed by atoms with Gasteiger partial charge in [-0.1, -0.05) is 0 Å². The van der Waals surface area contributed by atoms with Crippen molar-refractivity contribution in [3.8, 4) is 5.75 Å². The van der Waals surface area contributed by atoms with Gasteiger partial charge in [0.1, 0.15) is 18.1 Å². The highest BCUT2D eigenvalue weighted by Crippen LogP contribution is 2.21. The molecule has 9 nitrogen and oxygen atoms in total. The number of nitro groups is 1. The number of aromatic nitrogens is 2. The Morgan fingerprint density at radius 1 is 1.56 bits per heavy atom. The normalized spacial score (nSPS) is 10.6. The fourth-order valence-corrected chi connectivity index (χ4v) is 2.27. The standard InChI is InChI=1S/C15H18N6O3S/c1-3-16-15(25)19-17-7-11-4-5-14(24-2)12(6-11)9-20-10-13(8-18-20)21(22)23/h4-8,10H,3,9H2,1-2H3,(H2,16,19,25)/b17-7-. The lowest BCUT2D eigenvalue weighted by molar-refractivity contribution is -0.385. The van der Waals surface area contributed by atoms with Crippen LogP contribution in [0.5, 0.6) is 5.75 Å². The first-order valence-electron chi connectivity index (χ1n) is 7.44. The van der Waals surface area contributed by atoms with Crippen LogP contribution in [0.3, 0.4) is 0 Å². The molecule has 0 aliphatic carbocycles. The Bertz CT molecular complexity index is 789. The molecule has 10 heteroatoms. The molecule has 132 valence electrons. The van der Waals surface area contributed by atoms with Crippen LogP contribution in [0.1, 0.15) is 18.1 Å². The van der Waals surface area contributed by atoms with E-state index in [2.05, 4.69) is 20.9 Å².